The van der Waals surface area contributed by atoms with Crippen LogP contribution in [0.2, 0.25) is 0 Å². The van der Waals surface area contributed by atoms with Crippen LogP contribution in [-0.4, -0.2) is 12.4 Å². The highest BCUT2D eigenvalue weighted by atomic mass is 79.9. The van der Waals surface area contributed by atoms with Crippen LogP contribution in [0.4, 0.5) is 0 Å². The molecule has 0 aliphatic heterocycles. The minimum Gasteiger partial charge on any atom is -0.494 e. The third-order valence-corrected chi connectivity index (χ3v) is 3.95. The lowest BCUT2D eigenvalue weighted by Gasteiger charge is -2.14. The number of rotatable bonds is 5. The van der Waals surface area contributed by atoms with Crippen molar-refractivity contribution in [3.8, 4) is 5.75 Å². The average molecular weight is 350 g/mol. The van der Waals surface area contributed by atoms with E-state index in [1.807, 2.05) is 25.1 Å². The predicted octanol–water partition coefficient (Wildman–Crippen LogP) is 4.01. The molecule has 0 heterocycles. The second-order valence-electron chi connectivity index (χ2n) is 3.41. The smallest absolute Gasteiger partial charge is 0.147 e. The Morgan fingerprint density at radius 3 is 2.69 bits per heavy atom. The van der Waals surface area contributed by atoms with E-state index in [1.165, 1.54) is 0 Å². The normalized spacial score (nSPS) is 12.2. The van der Waals surface area contributed by atoms with Crippen LogP contribution >= 0.6 is 31.9 Å². The number of ketones is 1. The molecule has 0 fully saturated rings. The highest BCUT2D eigenvalue weighted by Crippen LogP contribution is 2.33. The lowest BCUT2D eigenvalue weighted by atomic mass is 10.1. The molecule has 0 bridgehead atoms. The molecule has 2 nitrogen and oxygen atoms in total. The Bertz CT molecular complexity index is 377. The first-order chi connectivity index (χ1) is 7.60. The van der Waals surface area contributed by atoms with Crippen molar-refractivity contribution >= 4 is 37.6 Å². The number of halogens is 2. The summed E-state index contributed by atoms with van der Waals surface area (Å²) in [7, 11) is 0. The van der Waals surface area contributed by atoms with Gasteiger partial charge in [0.2, 0.25) is 0 Å². The molecule has 16 heavy (non-hydrogen) atoms. The Balaban J connectivity index is 3.11. The molecule has 1 atom stereocenters. The van der Waals surface area contributed by atoms with Crippen LogP contribution in [0.1, 0.15) is 29.8 Å². The van der Waals surface area contributed by atoms with Crippen molar-refractivity contribution in [3.05, 3.63) is 29.3 Å². The van der Waals surface area contributed by atoms with E-state index in [2.05, 4.69) is 31.9 Å². The third kappa shape index (κ3) is 3.32. The number of ether oxygens (including phenoxy) is 1. The molecule has 0 aromatic heterocycles. The van der Waals surface area contributed by atoms with Crippen molar-refractivity contribution in [2.75, 3.05) is 6.61 Å². The zero-order valence-electron chi connectivity index (χ0n) is 9.30. The van der Waals surface area contributed by atoms with E-state index in [0.717, 1.165) is 22.2 Å². The quantitative estimate of drug-likeness (QED) is 0.751. The molecule has 1 aromatic rings. The molecule has 1 rings (SSSR count). The summed E-state index contributed by atoms with van der Waals surface area (Å²) < 4.78 is 5.55. The first-order valence-corrected chi connectivity index (χ1v) is 7.10. The van der Waals surface area contributed by atoms with Crippen molar-refractivity contribution in [1.29, 1.82) is 0 Å². The second-order valence-corrected chi connectivity index (χ2v) is 4.89. The van der Waals surface area contributed by atoms with Gasteiger partial charge in [0, 0.05) is 10.9 Å². The summed E-state index contributed by atoms with van der Waals surface area (Å²) in [6.45, 7) is 4.09. The van der Waals surface area contributed by atoms with Gasteiger partial charge in [-0.05, 0) is 25.5 Å². The minimum atomic E-state index is -0.293. The van der Waals surface area contributed by atoms with Crippen LogP contribution < -0.4 is 4.74 Å². The fourth-order valence-corrected chi connectivity index (χ4v) is 2.10. The first kappa shape index (κ1) is 13.7. The summed E-state index contributed by atoms with van der Waals surface area (Å²) in [5.74, 6) is 0.851. The lowest BCUT2D eigenvalue weighted by Crippen LogP contribution is -2.05. The molecule has 1 aromatic carbocycles. The second kappa shape index (κ2) is 6.40. The Morgan fingerprint density at radius 1 is 1.50 bits per heavy atom. The van der Waals surface area contributed by atoms with Crippen LogP contribution in [0.5, 0.6) is 5.75 Å². The van der Waals surface area contributed by atoms with Gasteiger partial charge in [-0.1, -0.05) is 44.0 Å². The van der Waals surface area contributed by atoms with E-state index in [0.29, 0.717) is 6.61 Å². The van der Waals surface area contributed by atoms with Gasteiger partial charge in [0.25, 0.3) is 0 Å². The maximum Gasteiger partial charge on any atom is 0.147 e. The maximum absolute atomic E-state index is 11.3. The zero-order valence-corrected chi connectivity index (χ0v) is 12.5. The van der Waals surface area contributed by atoms with E-state index in [9.17, 15) is 4.79 Å². The molecule has 0 radical (unpaired) electrons. The van der Waals surface area contributed by atoms with Gasteiger partial charge in [0.1, 0.15) is 16.4 Å². The fraction of sp³-hybridized carbons (Fsp3) is 0.417. The van der Waals surface area contributed by atoms with Crippen LogP contribution in [0, 0.1) is 0 Å². The van der Waals surface area contributed by atoms with Crippen molar-refractivity contribution < 1.29 is 9.53 Å². The summed E-state index contributed by atoms with van der Waals surface area (Å²) in [6, 6.07) is 5.89. The number of carbonyl (C=O) groups is 1. The zero-order chi connectivity index (χ0) is 12.1. The average Bonchev–Trinajstić information content (AvgIpc) is 2.28. The molecule has 1 unspecified atom stereocenters. The maximum atomic E-state index is 11.3. The number of Topliss-reactive ketones (excluding diaryl/α,β-unsaturated/α-hetero) is 1. The van der Waals surface area contributed by atoms with E-state index < -0.39 is 0 Å². The Labute approximate surface area is 113 Å². The van der Waals surface area contributed by atoms with E-state index in [1.54, 1.807) is 6.92 Å². The number of carbonyl (C=O) groups excluding carboxylic acids is 1. The van der Waals surface area contributed by atoms with Crippen molar-refractivity contribution in [3.63, 3.8) is 0 Å². The molecule has 0 saturated carbocycles. The highest BCUT2D eigenvalue weighted by Gasteiger charge is 2.17. The standard InChI is InChI=1S/C12H14Br2O2/c1-3-16-11-6-9(7-13)4-5-10(11)12(14)8(2)15/h4-6,12H,3,7H2,1-2H3. The SMILES string of the molecule is CCOc1cc(CBr)ccc1C(Br)C(C)=O. The van der Waals surface area contributed by atoms with Gasteiger partial charge in [-0.15, -0.1) is 0 Å². The molecule has 0 aliphatic carbocycles. The first-order valence-electron chi connectivity index (χ1n) is 5.06. The van der Waals surface area contributed by atoms with Crippen molar-refractivity contribution in [2.24, 2.45) is 0 Å². The largest absolute Gasteiger partial charge is 0.494 e. The summed E-state index contributed by atoms with van der Waals surface area (Å²) in [5.41, 5.74) is 2.02. The number of hydrogen-bond acceptors (Lipinski definition) is 2. The van der Waals surface area contributed by atoms with Gasteiger partial charge < -0.3 is 4.74 Å². The molecule has 0 saturated heterocycles. The fourth-order valence-electron chi connectivity index (χ4n) is 1.37. The van der Waals surface area contributed by atoms with Crippen LogP contribution in [-0.2, 0) is 10.1 Å². The van der Waals surface area contributed by atoms with Gasteiger partial charge in [0.05, 0.1) is 6.61 Å². The van der Waals surface area contributed by atoms with Gasteiger partial charge in [0.15, 0.2) is 0 Å². The van der Waals surface area contributed by atoms with E-state index in [4.69, 9.17) is 4.74 Å². The van der Waals surface area contributed by atoms with Gasteiger partial charge >= 0.3 is 0 Å². The lowest BCUT2D eigenvalue weighted by molar-refractivity contribution is -0.116. The van der Waals surface area contributed by atoms with Crippen molar-refractivity contribution in [1.82, 2.24) is 0 Å². The monoisotopic (exact) mass is 348 g/mol. The van der Waals surface area contributed by atoms with Gasteiger partial charge in [-0.2, -0.15) is 0 Å². The molecule has 0 spiro atoms. The van der Waals surface area contributed by atoms with Crippen molar-refractivity contribution in [2.45, 2.75) is 24.0 Å². The summed E-state index contributed by atoms with van der Waals surface area (Å²) >= 11 is 6.78. The Kier molecular flexibility index (Phi) is 5.49. The number of hydrogen-bond donors (Lipinski definition) is 0. The predicted molar refractivity (Wildman–Crippen MR) is 72.6 cm³/mol. The van der Waals surface area contributed by atoms with Crippen LogP contribution in [0.15, 0.2) is 18.2 Å². The van der Waals surface area contributed by atoms with E-state index >= 15 is 0 Å². The summed E-state index contributed by atoms with van der Waals surface area (Å²) in [6.07, 6.45) is 0. The minimum absolute atomic E-state index is 0.0764. The molecule has 0 N–H and O–H groups in total. The molecule has 4 heteroatoms. The highest BCUT2D eigenvalue weighted by molar-refractivity contribution is 9.09. The molecule has 0 aliphatic rings. The summed E-state index contributed by atoms with van der Waals surface area (Å²) in [4.78, 5) is 11.1. The number of benzene rings is 1. The molecular weight excluding hydrogens is 336 g/mol. The topological polar surface area (TPSA) is 26.3 Å². The molecule has 88 valence electrons. The Morgan fingerprint density at radius 2 is 2.19 bits per heavy atom. The van der Waals surface area contributed by atoms with Gasteiger partial charge in [-0.25, -0.2) is 0 Å². The van der Waals surface area contributed by atoms with Crippen LogP contribution in [0.25, 0.3) is 0 Å². The van der Waals surface area contributed by atoms with E-state index in [-0.39, 0.29) is 10.6 Å². The third-order valence-electron chi connectivity index (χ3n) is 2.16. The molecule has 0 amide bonds. The summed E-state index contributed by atoms with van der Waals surface area (Å²) in [5, 5.41) is 0.778. The van der Waals surface area contributed by atoms with Crippen LogP contribution in [0.3, 0.4) is 0 Å². The Hall–Kier alpha value is -0.350. The molecular formula is C12H14Br2O2. The van der Waals surface area contributed by atoms with Gasteiger partial charge in [-0.3, -0.25) is 4.79 Å². The number of alkyl halides is 2.